The van der Waals surface area contributed by atoms with Crippen LogP contribution in [0.15, 0.2) is 0 Å². The smallest absolute Gasteiger partial charge is 0.347 e. The van der Waals surface area contributed by atoms with E-state index >= 15 is 0 Å². The zero-order valence-corrected chi connectivity index (χ0v) is 29.8. The molecule has 0 N–H and O–H groups in total. The van der Waals surface area contributed by atoms with Crippen LogP contribution < -0.4 is 14.2 Å². The maximum Gasteiger partial charge on any atom is 0.347 e. The summed E-state index contributed by atoms with van der Waals surface area (Å²) in [5.41, 5.74) is 12.6. The van der Waals surface area contributed by atoms with Crippen LogP contribution >= 0.6 is 0 Å². The minimum Gasteiger partial charge on any atom is -0.496 e. The Kier molecular flexibility index (Phi) is 12.0. The lowest BCUT2D eigenvalue weighted by atomic mass is 9.92. The van der Waals surface area contributed by atoms with Crippen LogP contribution in [0.25, 0.3) is 0 Å². The average Bonchev–Trinajstić information content (AvgIpc) is 3.03. The SMILES string of the molecule is COC(=O)c1c(C)c(C)c(C)c(C)c1OC.COC(=O)c1c(C)c(C)c(C)c(C)c1OC(=O)c1c(C)c(C)c(C)c(C)c1OC. The summed E-state index contributed by atoms with van der Waals surface area (Å²) in [6, 6.07) is 0. The van der Waals surface area contributed by atoms with Crippen LogP contribution in [0.1, 0.15) is 97.8 Å². The van der Waals surface area contributed by atoms with Crippen LogP contribution in [0.5, 0.6) is 17.2 Å². The maximum absolute atomic E-state index is 13.3. The fraction of sp³-hybridized carbons (Fsp3) is 0.432. The second kappa shape index (κ2) is 14.6. The lowest BCUT2D eigenvalue weighted by Crippen LogP contribution is -2.19. The summed E-state index contributed by atoms with van der Waals surface area (Å²) >= 11 is 0. The molecule has 3 rings (SSSR count). The molecule has 0 spiro atoms. The molecule has 0 heterocycles. The molecule has 0 aliphatic heterocycles. The van der Waals surface area contributed by atoms with Gasteiger partial charge in [-0.3, -0.25) is 0 Å². The second-order valence-corrected chi connectivity index (χ2v) is 11.4. The summed E-state index contributed by atoms with van der Waals surface area (Å²) < 4.78 is 26.5. The van der Waals surface area contributed by atoms with Gasteiger partial charge in [-0.05, 0) is 150 Å². The highest BCUT2D eigenvalue weighted by Gasteiger charge is 2.28. The van der Waals surface area contributed by atoms with Gasteiger partial charge in [0, 0.05) is 0 Å². The van der Waals surface area contributed by atoms with Crippen LogP contribution in [-0.2, 0) is 9.47 Å². The molecule has 0 unspecified atom stereocenters. The maximum atomic E-state index is 13.3. The van der Waals surface area contributed by atoms with E-state index in [2.05, 4.69) is 0 Å². The van der Waals surface area contributed by atoms with E-state index in [0.717, 1.165) is 66.8 Å². The third kappa shape index (κ3) is 6.70. The first-order chi connectivity index (χ1) is 20.9. The lowest BCUT2D eigenvalue weighted by Gasteiger charge is -2.21. The molecule has 244 valence electrons. The molecule has 8 heteroatoms. The van der Waals surface area contributed by atoms with Gasteiger partial charge in [-0.25, -0.2) is 14.4 Å². The molecule has 0 amide bonds. The van der Waals surface area contributed by atoms with Crippen LogP contribution in [0, 0.1) is 83.1 Å². The molecule has 0 bridgehead atoms. The third-order valence-corrected chi connectivity index (χ3v) is 9.48. The molecule has 8 nitrogen and oxygen atoms in total. The fourth-order valence-electron chi connectivity index (χ4n) is 5.56. The Morgan fingerprint density at radius 3 is 0.867 bits per heavy atom. The van der Waals surface area contributed by atoms with Gasteiger partial charge >= 0.3 is 17.9 Å². The lowest BCUT2D eigenvalue weighted by molar-refractivity contribution is 0.0582. The van der Waals surface area contributed by atoms with Gasteiger partial charge in [0.1, 0.15) is 33.9 Å². The number of hydrogen-bond donors (Lipinski definition) is 0. The minimum atomic E-state index is -0.554. The summed E-state index contributed by atoms with van der Waals surface area (Å²) in [5.74, 6) is -0.0841. The summed E-state index contributed by atoms with van der Waals surface area (Å²) in [6.45, 7) is 23.2. The van der Waals surface area contributed by atoms with Crippen molar-refractivity contribution in [1.82, 2.24) is 0 Å². The van der Waals surface area contributed by atoms with Gasteiger partial charge in [0.15, 0.2) is 0 Å². The number of carbonyl (C=O) groups is 3. The van der Waals surface area contributed by atoms with Crippen molar-refractivity contribution in [2.24, 2.45) is 0 Å². The molecule has 0 atom stereocenters. The van der Waals surface area contributed by atoms with Gasteiger partial charge in [-0.1, -0.05) is 0 Å². The van der Waals surface area contributed by atoms with E-state index in [4.69, 9.17) is 23.7 Å². The van der Waals surface area contributed by atoms with Gasteiger partial charge < -0.3 is 23.7 Å². The van der Waals surface area contributed by atoms with Crippen molar-refractivity contribution in [2.45, 2.75) is 83.1 Å². The van der Waals surface area contributed by atoms with E-state index in [1.165, 1.54) is 14.2 Å². The van der Waals surface area contributed by atoms with Crippen molar-refractivity contribution in [3.05, 3.63) is 83.5 Å². The average molecular weight is 621 g/mol. The first-order valence-corrected chi connectivity index (χ1v) is 14.7. The predicted octanol–water partition coefficient (Wildman–Crippen LogP) is 7.88. The number of esters is 3. The molecule has 0 aromatic heterocycles. The Hall–Kier alpha value is -4.33. The van der Waals surface area contributed by atoms with E-state index in [-0.39, 0.29) is 17.3 Å². The van der Waals surface area contributed by atoms with Gasteiger partial charge in [-0.2, -0.15) is 0 Å². The summed E-state index contributed by atoms with van der Waals surface area (Å²) in [6.07, 6.45) is 0. The Morgan fingerprint density at radius 1 is 0.333 bits per heavy atom. The Labute approximate surface area is 268 Å². The van der Waals surface area contributed by atoms with Crippen molar-refractivity contribution >= 4 is 17.9 Å². The molecule has 0 radical (unpaired) electrons. The first-order valence-electron chi connectivity index (χ1n) is 14.7. The fourth-order valence-corrected chi connectivity index (χ4v) is 5.56. The van der Waals surface area contributed by atoms with Crippen molar-refractivity contribution in [1.29, 1.82) is 0 Å². The normalized spacial score (nSPS) is 10.5. The van der Waals surface area contributed by atoms with Gasteiger partial charge in [0.05, 0.1) is 28.4 Å². The largest absolute Gasteiger partial charge is 0.496 e. The van der Waals surface area contributed by atoms with E-state index in [9.17, 15) is 14.4 Å². The highest BCUT2D eigenvalue weighted by molar-refractivity contribution is 6.00. The second-order valence-electron chi connectivity index (χ2n) is 11.4. The molecule has 0 aliphatic carbocycles. The molecule has 0 saturated carbocycles. The Balaban J connectivity index is 0.000000372. The quantitative estimate of drug-likeness (QED) is 0.203. The zero-order valence-electron chi connectivity index (χ0n) is 29.8. The highest BCUT2D eigenvalue weighted by Crippen LogP contribution is 2.37. The van der Waals surface area contributed by atoms with E-state index in [0.29, 0.717) is 22.6 Å². The molecule has 3 aromatic carbocycles. The van der Waals surface area contributed by atoms with E-state index < -0.39 is 11.9 Å². The predicted molar refractivity (Wildman–Crippen MR) is 177 cm³/mol. The van der Waals surface area contributed by atoms with Crippen molar-refractivity contribution in [2.75, 3.05) is 28.4 Å². The number of methoxy groups -OCH3 is 4. The van der Waals surface area contributed by atoms with Crippen LogP contribution in [0.4, 0.5) is 0 Å². The third-order valence-electron chi connectivity index (χ3n) is 9.48. The number of ether oxygens (including phenoxy) is 5. The number of rotatable bonds is 6. The van der Waals surface area contributed by atoms with Crippen LogP contribution in [0.3, 0.4) is 0 Å². The standard InChI is InChI=1S/C24H30O5.C13H18O3/c1-11-13(3)17(7)21(27-9)19(15(11)5)24(26)29-22-18(8)14(4)12(2)16(6)20(22)23(25)28-10;1-7-8(2)10(4)12(15-5)11(9(7)3)13(14)16-6/h1-10H3;1-6H3. The zero-order chi connectivity index (χ0) is 34.7. The van der Waals surface area contributed by atoms with E-state index in [1.54, 1.807) is 14.2 Å². The molecular weight excluding hydrogens is 572 g/mol. The molecule has 0 saturated heterocycles. The molecular formula is C37H48O8. The number of carbonyl (C=O) groups excluding carboxylic acids is 3. The van der Waals surface area contributed by atoms with E-state index in [1.807, 2.05) is 83.1 Å². The number of hydrogen-bond acceptors (Lipinski definition) is 8. The summed E-state index contributed by atoms with van der Waals surface area (Å²) in [7, 11) is 5.81. The van der Waals surface area contributed by atoms with Gasteiger partial charge in [0.2, 0.25) is 0 Å². The van der Waals surface area contributed by atoms with Crippen molar-refractivity contribution in [3.63, 3.8) is 0 Å². The molecule has 3 aromatic rings. The Morgan fingerprint density at radius 2 is 0.578 bits per heavy atom. The topological polar surface area (TPSA) is 97.4 Å². The first kappa shape index (κ1) is 36.9. The van der Waals surface area contributed by atoms with Gasteiger partial charge in [0.25, 0.3) is 0 Å². The highest BCUT2D eigenvalue weighted by atomic mass is 16.5. The van der Waals surface area contributed by atoms with Crippen molar-refractivity contribution in [3.8, 4) is 17.2 Å². The minimum absolute atomic E-state index is 0.236. The molecule has 0 fully saturated rings. The molecule has 0 aliphatic rings. The number of benzene rings is 3. The summed E-state index contributed by atoms with van der Waals surface area (Å²) in [4.78, 5) is 37.5. The van der Waals surface area contributed by atoms with Crippen molar-refractivity contribution < 1.29 is 38.1 Å². The van der Waals surface area contributed by atoms with Gasteiger partial charge in [-0.15, -0.1) is 0 Å². The Bertz CT molecular complexity index is 1680. The van der Waals surface area contributed by atoms with Crippen LogP contribution in [-0.4, -0.2) is 46.3 Å². The molecule has 45 heavy (non-hydrogen) atoms. The van der Waals surface area contributed by atoms with Crippen LogP contribution in [0.2, 0.25) is 0 Å². The monoisotopic (exact) mass is 620 g/mol. The summed E-state index contributed by atoms with van der Waals surface area (Å²) in [5, 5.41) is 0.